The Kier molecular flexibility index (Phi) is 6.06. The van der Waals surface area contributed by atoms with Gasteiger partial charge in [0.25, 0.3) is 5.91 Å². The third kappa shape index (κ3) is 4.86. The van der Waals surface area contributed by atoms with E-state index in [9.17, 15) is 18.0 Å². The molecular formula is C24H22F3NO. The molecule has 2 nitrogen and oxygen atoms in total. The minimum absolute atomic E-state index is 0.299. The molecule has 1 amide bonds. The highest BCUT2D eigenvalue weighted by Crippen LogP contribution is 2.32. The van der Waals surface area contributed by atoms with E-state index >= 15 is 0 Å². The zero-order valence-corrected chi connectivity index (χ0v) is 16.3. The molecule has 3 rings (SSSR count). The normalized spacial score (nSPS) is 11.3. The number of nitrogens with one attached hydrogen (secondary N) is 1. The van der Waals surface area contributed by atoms with Crippen molar-refractivity contribution in [2.45, 2.75) is 32.9 Å². The van der Waals surface area contributed by atoms with Crippen molar-refractivity contribution in [3.8, 4) is 11.1 Å². The van der Waals surface area contributed by atoms with Gasteiger partial charge in [0.2, 0.25) is 0 Å². The minimum Gasteiger partial charge on any atom is -0.322 e. The molecule has 0 aliphatic carbocycles. The maximum absolute atomic E-state index is 12.9. The lowest BCUT2D eigenvalue weighted by Crippen LogP contribution is -2.13. The van der Waals surface area contributed by atoms with Crippen LogP contribution in [0.2, 0.25) is 0 Å². The van der Waals surface area contributed by atoms with E-state index in [0.29, 0.717) is 22.4 Å². The van der Waals surface area contributed by atoms with Crippen LogP contribution in [0.1, 0.15) is 40.4 Å². The molecule has 0 unspecified atom stereocenters. The number of amides is 1. The minimum atomic E-state index is -4.39. The van der Waals surface area contributed by atoms with Crippen LogP contribution in [0.25, 0.3) is 11.1 Å². The van der Waals surface area contributed by atoms with Gasteiger partial charge in [0.05, 0.1) is 5.56 Å². The Bertz CT molecular complexity index is 1010. The molecule has 0 saturated heterocycles. The Balaban J connectivity index is 1.89. The predicted molar refractivity (Wildman–Crippen MR) is 110 cm³/mol. The number of carbonyl (C=O) groups is 1. The summed E-state index contributed by atoms with van der Waals surface area (Å²) in [5.41, 5.74) is 3.89. The van der Waals surface area contributed by atoms with E-state index in [4.69, 9.17) is 0 Å². The Morgan fingerprint density at radius 2 is 1.66 bits per heavy atom. The Morgan fingerprint density at radius 1 is 0.966 bits per heavy atom. The summed E-state index contributed by atoms with van der Waals surface area (Å²) in [5, 5.41) is 2.91. The molecule has 150 valence electrons. The van der Waals surface area contributed by atoms with Crippen LogP contribution in [0.5, 0.6) is 0 Å². The van der Waals surface area contributed by atoms with Crippen LogP contribution in [0.4, 0.5) is 18.9 Å². The summed E-state index contributed by atoms with van der Waals surface area (Å²) in [4.78, 5) is 12.9. The second-order valence-electron chi connectivity index (χ2n) is 6.97. The molecular weight excluding hydrogens is 375 g/mol. The zero-order valence-electron chi connectivity index (χ0n) is 16.3. The number of hydrogen-bond acceptors (Lipinski definition) is 1. The molecule has 5 heteroatoms. The first-order valence-electron chi connectivity index (χ1n) is 9.47. The number of rotatable bonds is 5. The number of benzene rings is 3. The summed E-state index contributed by atoms with van der Waals surface area (Å²) in [6, 6.07) is 17.5. The molecule has 0 spiro atoms. The molecule has 3 aromatic rings. The fourth-order valence-electron chi connectivity index (χ4n) is 3.26. The van der Waals surface area contributed by atoms with Gasteiger partial charge in [-0.3, -0.25) is 4.79 Å². The highest BCUT2D eigenvalue weighted by atomic mass is 19.4. The van der Waals surface area contributed by atoms with Crippen molar-refractivity contribution in [3.63, 3.8) is 0 Å². The highest BCUT2D eigenvalue weighted by molar-refractivity contribution is 6.08. The molecule has 0 bridgehead atoms. The average Bonchev–Trinajstić information content (AvgIpc) is 2.70. The number of anilines is 1. The maximum atomic E-state index is 12.9. The molecule has 29 heavy (non-hydrogen) atoms. The van der Waals surface area contributed by atoms with Crippen molar-refractivity contribution in [1.82, 2.24) is 0 Å². The van der Waals surface area contributed by atoms with Crippen molar-refractivity contribution in [2.24, 2.45) is 0 Å². The third-order valence-corrected chi connectivity index (χ3v) is 4.82. The number of halogens is 3. The SMILES string of the molecule is CCCc1cc(NC(=O)c2ccccc2-c2ccc(C(F)(F)F)cc2)ccc1C. The molecule has 0 aliphatic rings. The lowest BCUT2D eigenvalue weighted by Gasteiger charge is -2.13. The first-order chi connectivity index (χ1) is 13.8. The monoisotopic (exact) mass is 397 g/mol. The largest absolute Gasteiger partial charge is 0.416 e. The van der Waals surface area contributed by atoms with Gasteiger partial charge in [-0.1, -0.05) is 49.7 Å². The molecule has 0 atom stereocenters. The van der Waals surface area contributed by atoms with Gasteiger partial charge >= 0.3 is 6.18 Å². The van der Waals surface area contributed by atoms with Crippen molar-refractivity contribution in [2.75, 3.05) is 5.32 Å². The van der Waals surface area contributed by atoms with E-state index in [0.717, 1.165) is 25.0 Å². The first-order valence-corrected chi connectivity index (χ1v) is 9.47. The van der Waals surface area contributed by atoms with Gasteiger partial charge in [0.15, 0.2) is 0 Å². The van der Waals surface area contributed by atoms with Crippen molar-refractivity contribution < 1.29 is 18.0 Å². The molecule has 0 aliphatic heterocycles. The topological polar surface area (TPSA) is 29.1 Å². The van der Waals surface area contributed by atoms with E-state index in [1.807, 2.05) is 25.1 Å². The van der Waals surface area contributed by atoms with Gasteiger partial charge in [0, 0.05) is 11.3 Å². The average molecular weight is 397 g/mol. The molecule has 0 heterocycles. The van der Waals surface area contributed by atoms with Crippen LogP contribution in [-0.2, 0) is 12.6 Å². The third-order valence-electron chi connectivity index (χ3n) is 4.82. The summed E-state index contributed by atoms with van der Waals surface area (Å²) in [5.74, 6) is -0.299. The molecule has 1 N–H and O–H groups in total. The van der Waals surface area contributed by atoms with Crippen LogP contribution in [0.15, 0.2) is 66.7 Å². The van der Waals surface area contributed by atoms with Gasteiger partial charge in [-0.2, -0.15) is 13.2 Å². The van der Waals surface area contributed by atoms with Gasteiger partial charge in [0.1, 0.15) is 0 Å². The van der Waals surface area contributed by atoms with Gasteiger partial charge in [-0.25, -0.2) is 0 Å². The van der Waals surface area contributed by atoms with E-state index in [1.165, 1.54) is 23.3 Å². The van der Waals surface area contributed by atoms with E-state index in [-0.39, 0.29) is 5.91 Å². The summed E-state index contributed by atoms with van der Waals surface area (Å²) in [6.07, 6.45) is -2.45. The second-order valence-corrected chi connectivity index (χ2v) is 6.97. The smallest absolute Gasteiger partial charge is 0.322 e. The van der Waals surface area contributed by atoms with Gasteiger partial charge in [-0.15, -0.1) is 0 Å². The lowest BCUT2D eigenvalue weighted by atomic mass is 9.98. The maximum Gasteiger partial charge on any atom is 0.416 e. The summed E-state index contributed by atoms with van der Waals surface area (Å²) in [7, 11) is 0. The molecule has 0 aromatic heterocycles. The lowest BCUT2D eigenvalue weighted by molar-refractivity contribution is -0.137. The van der Waals surface area contributed by atoms with Crippen molar-refractivity contribution in [1.29, 1.82) is 0 Å². The van der Waals surface area contributed by atoms with Gasteiger partial charge in [-0.05, 0) is 65.9 Å². The number of aryl methyl sites for hydroxylation is 2. The molecule has 0 saturated carbocycles. The number of alkyl halides is 3. The van der Waals surface area contributed by atoms with E-state index < -0.39 is 11.7 Å². The van der Waals surface area contributed by atoms with Crippen LogP contribution < -0.4 is 5.32 Å². The van der Waals surface area contributed by atoms with Crippen LogP contribution in [-0.4, -0.2) is 5.91 Å². The number of hydrogen-bond donors (Lipinski definition) is 1. The quantitative estimate of drug-likeness (QED) is 0.499. The van der Waals surface area contributed by atoms with Crippen LogP contribution in [0, 0.1) is 6.92 Å². The number of carbonyl (C=O) groups excluding carboxylic acids is 1. The highest BCUT2D eigenvalue weighted by Gasteiger charge is 2.30. The fraction of sp³-hybridized carbons (Fsp3) is 0.208. The van der Waals surface area contributed by atoms with Crippen molar-refractivity contribution >= 4 is 11.6 Å². The molecule has 3 aromatic carbocycles. The summed E-state index contributed by atoms with van der Waals surface area (Å²) >= 11 is 0. The van der Waals surface area contributed by atoms with E-state index in [2.05, 4.69) is 12.2 Å². The molecule has 0 fully saturated rings. The zero-order chi connectivity index (χ0) is 21.0. The Labute approximate surface area is 168 Å². The predicted octanol–water partition coefficient (Wildman–Crippen LogP) is 6.89. The second kappa shape index (κ2) is 8.52. The van der Waals surface area contributed by atoms with E-state index in [1.54, 1.807) is 24.3 Å². The Morgan fingerprint density at radius 3 is 2.31 bits per heavy atom. The van der Waals surface area contributed by atoms with Crippen LogP contribution >= 0.6 is 0 Å². The van der Waals surface area contributed by atoms with Crippen LogP contribution in [0.3, 0.4) is 0 Å². The Hall–Kier alpha value is -3.08. The molecule has 0 radical (unpaired) electrons. The summed E-state index contributed by atoms with van der Waals surface area (Å²) in [6.45, 7) is 4.14. The van der Waals surface area contributed by atoms with Crippen molar-refractivity contribution in [3.05, 3.63) is 89.0 Å². The fourth-order valence-corrected chi connectivity index (χ4v) is 3.26. The summed E-state index contributed by atoms with van der Waals surface area (Å²) < 4.78 is 38.5. The standard InChI is InChI=1S/C24H22F3NO/c1-3-6-18-15-20(14-9-16(18)2)28-23(29)22-8-5-4-7-21(22)17-10-12-19(13-11-17)24(25,26)27/h4-5,7-15H,3,6H2,1-2H3,(H,28,29). The van der Waals surface area contributed by atoms with Gasteiger partial charge < -0.3 is 5.32 Å². The first kappa shape index (κ1) is 20.6.